The van der Waals surface area contributed by atoms with Crippen LogP contribution < -0.4 is 5.32 Å². The zero-order valence-corrected chi connectivity index (χ0v) is 10.0. The molecule has 0 spiro atoms. The van der Waals surface area contributed by atoms with Gasteiger partial charge in [0.1, 0.15) is 6.23 Å². The maximum atomic E-state index is 5.96. The predicted molar refractivity (Wildman–Crippen MR) is 62.7 cm³/mol. The van der Waals surface area contributed by atoms with Crippen LogP contribution in [0.5, 0.6) is 0 Å². The number of ether oxygens (including phenoxy) is 1. The maximum Gasteiger partial charge on any atom is 0.108 e. The van der Waals surface area contributed by atoms with Crippen LogP contribution in [0.15, 0.2) is 0 Å². The topological polar surface area (TPSA) is 21.3 Å². The van der Waals surface area contributed by atoms with Crippen molar-refractivity contribution in [2.24, 2.45) is 11.8 Å². The van der Waals surface area contributed by atoms with Crippen LogP contribution in [0.2, 0.25) is 0 Å². The first-order valence-corrected chi connectivity index (χ1v) is 6.69. The predicted octanol–water partition coefficient (Wildman–Crippen LogP) is 2.93. The minimum Gasteiger partial charge on any atom is -0.363 e. The van der Waals surface area contributed by atoms with Crippen LogP contribution in [0.25, 0.3) is 0 Å². The van der Waals surface area contributed by atoms with Gasteiger partial charge in [0.2, 0.25) is 0 Å². The van der Waals surface area contributed by atoms with Crippen LogP contribution in [-0.2, 0) is 4.74 Å². The molecule has 2 aliphatic rings. The van der Waals surface area contributed by atoms with Gasteiger partial charge < -0.3 is 4.74 Å². The number of nitrogens with one attached hydrogen (secondary N) is 1. The fraction of sp³-hybridized carbons (Fsp3) is 1.00. The second-order valence-electron chi connectivity index (χ2n) is 5.42. The lowest BCUT2D eigenvalue weighted by molar-refractivity contribution is -0.0189. The van der Waals surface area contributed by atoms with E-state index in [1.165, 1.54) is 44.9 Å². The highest BCUT2D eigenvalue weighted by Gasteiger charge is 2.20. The molecule has 1 saturated carbocycles. The fourth-order valence-corrected chi connectivity index (χ4v) is 2.72. The highest BCUT2D eigenvalue weighted by atomic mass is 16.5. The summed E-state index contributed by atoms with van der Waals surface area (Å²) in [6.07, 6.45) is 9.94. The molecule has 1 aliphatic carbocycles. The fourth-order valence-electron chi connectivity index (χ4n) is 2.72. The summed E-state index contributed by atoms with van der Waals surface area (Å²) < 4.78 is 5.96. The van der Waals surface area contributed by atoms with E-state index in [9.17, 15) is 0 Å². The van der Waals surface area contributed by atoms with Crippen LogP contribution in [0.3, 0.4) is 0 Å². The third-order valence-corrected chi connectivity index (χ3v) is 3.87. The highest BCUT2D eigenvalue weighted by Crippen LogP contribution is 2.24. The van der Waals surface area contributed by atoms with Crippen LogP contribution >= 0.6 is 0 Å². The quantitative estimate of drug-likeness (QED) is 0.775. The van der Waals surface area contributed by atoms with E-state index in [1.807, 2.05) is 0 Å². The summed E-state index contributed by atoms with van der Waals surface area (Å²) >= 11 is 0. The Labute approximate surface area is 93.8 Å². The van der Waals surface area contributed by atoms with Crippen LogP contribution in [-0.4, -0.2) is 19.4 Å². The van der Waals surface area contributed by atoms with E-state index in [4.69, 9.17) is 4.74 Å². The molecular formula is C13H25NO. The van der Waals surface area contributed by atoms with Crippen molar-refractivity contribution in [1.29, 1.82) is 0 Å². The number of piperidine rings is 1. The highest BCUT2D eigenvalue weighted by molar-refractivity contribution is 4.71. The first-order valence-electron chi connectivity index (χ1n) is 6.69. The second-order valence-corrected chi connectivity index (χ2v) is 5.42. The molecule has 2 rings (SSSR count). The van der Waals surface area contributed by atoms with Crippen LogP contribution in [0, 0.1) is 11.8 Å². The molecule has 2 unspecified atom stereocenters. The molecule has 0 aromatic carbocycles. The Morgan fingerprint density at radius 3 is 2.53 bits per heavy atom. The summed E-state index contributed by atoms with van der Waals surface area (Å²) in [5.41, 5.74) is 0. The van der Waals surface area contributed by atoms with Gasteiger partial charge in [-0.25, -0.2) is 0 Å². The van der Waals surface area contributed by atoms with E-state index in [0.29, 0.717) is 6.23 Å². The average molecular weight is 211 g/mol. The summed E-state index contributed by atoms with van der Waals surface area (Å²) in [5.74, 6) is 1.68. The van der Waals surface area contributed by atoms with Crippen molar-refractivity contribution in [1.82, 2.24) is 5.32 Å². The molecular weight excluding hydrogens is 186 g/mol. The Bertz CT molecular complexity index is 169. The standard InChI is InChI=1S/C13H25NO/c1-11-7-8-13(14-9-11)15-10-12-5-3-2-4-6-12/h11-14H,2-10H2,1H3. The minimum atomic E-state index is 0.350. The van der Waals surface area contributed by atoms with Crippen molar-refractivity contribution < 1.29 is 4.74 Å². The Morgan fingerprint density at radius 2 is 1.87 bits per heavy atom. The van der Waals surface area contributed by atoms with Gasteiger partial charge in [-0.2, -0.15) is 0 Å². The van der Waals surface area contributed by atoms with Crippen LogP contribution in [0.1, 0.15) is 51.9 Å². The molecule has 0 aromatic heterocycles. The van der Waals surface area contributed by atoms with Crippen molar-refractivity contribution in [3.8, 4) is 0 Å². The molecule has 0 amide bonds. The molecule has 2 fully saturated rings. The zero-order chi connectivity index (χ0) is 10.5. The van der Waals surface area contributed by atoms with Gasteiger partial charge in [-0.1, -0.05) is 26.2 Å². The number of hydrogen-bond acceptors (Lipinski definition) is 2. The number of hydrogen-bond donors (Lipinski definition) is 1. The Balaban J connectivity index is 1.60. The monoisotopic (exact) mass is 211 g/mol. The summed E-state index contributed by atoms with van der Waals surface area (Å²) in [5, 5.41) is 3.49. The first kappa shape index (κ1) is 11.4. The summed E-state index contributed by atoms with van der Waals surface area (Å²) in [6.45, 7) is 4.44. The normalized spacial score (nSPS) is 34.2. The smallest absolute Gasteiger partial charge is 0.108 e. The van der Waals surface area contributed by atoms with E-state index < -0.39 is 0 Å². The van der Waals surface area contributed by atoms with Crippen molar-refractivity contribution >= 4 is 0 Å². The van der Waals surface area contributed by atoms with Gasteiger partial charge in [-0.05, 0) is 37.5 Å². The average Bonchev–Trinajstić information content (AvgIpc) is 2.30. The molecule has 15 heavy (non-hydrogen) atoms. The van der Waals surface area contributed by atoms with Gasteiger partial charge >= 0.3 is 0 Å². The first-order chi connectivity index (χ1) is 7.34. The SMILES string of the molecule is CC1CCC(OCC2CCCCC2)NC1. The summed E-state index contributed by atoms with van der Waals surface area (Å²) in [4.78, 5) is 0. The van der Waals surface area contributed by atoms with Gasteiger partial charge in [0.15, 0.2) is 0 Å². The maximum absolute atomic E-state index is 5.96. The van der Waals surface area contributed by atoms with E-state index in [-0.39, 0.29) is 0 Å². The molecule has 0 aromatic rings. The Kier molecular flexibility index (Phi) is 4.45. The lowest BCUT2D eigenvalue weighted by atomic mass is 9.90. The van der Waals surface area contributed by atoms with E-state index >= 15 is 0 Å². The molecule has 0 bridgehead atoms. The Morgan fingerprint density at radius 1 is 1.07 bits per heavy atom. The molecule has 1 heterocycles. The summed E-state index contributed by atoms with van der Waals surface area (Å²) in [7, 11) is 0. The van der Waals surface area contributed by atoms with Gasteiger partial charge in [0, 0.05) is 6.54 Å². The third-order valence-electron chi connectivity index (χ3n) is 3.87. The molecule has 2 heteroatoms. The van der Waals surface area contributed by atoms with Gasteiger partial charge in [0.05, 0.1) is 6.61 Å². The third kappa shape index (κ3) is 3.76. The largest absolute Gasteiger partial charge is 0.363 e. The minimum absolute atomic E-state index is 0.350. The molecule has 2 nitrogen and oxygen atoms in total. The van der Waals surface area contributed by atoms with Crippen molar-refractivity contribution in [3.63, 3.8) is 0 Å². The number of rotatable bonds is 3. The lowest BCUT2D eigenvalue weighted by Crippen LogP contribution is -2.40. The second kappa shape index (κ2) is 5.86. The Hall–Kier alpha value is -0.0800. The zero-order valence-electron chi connectivity index (χ0n) is 10.0. The van der Waals surface area contributed by atoms with Gasteiger partial charge in [-0.3, -0.25) is 5.32 Å². The van der Waals surface area contributed by atoms with Crippen LogP contribution in [0.4, 0.5) is 0 Å². The van der Waals surface area contributed by atoms with Gasteiger partial charge in [-0.15, -0.1) is 0 Å². The summed E-state index contributed by atoms with van der Waals surface area (Å²) in [6, 6.07) is 0. The van der Waals surface area contributed by atoms with E-state index in [1.54, 1.807) is 0 Å². The molecule has 0 radical (unpaired) electrons. The molecule has 88 valence electrons. The lowest BCUT2D eigenvalue weighted by Gasteiger charge is -2.30. The van der Waals surface area contributed by atoms with E-state index in [2.05, 4.69) is 12.2 Å². The van der Waals surface area contributed by atoms with Crippen molar-refractivity contribution in [2.45, 2.75) is 58.1 Å². The molecule has 2 atom stereocenters. The van der Waals surface area contributed by atoms with Crippen molar-refractivity contribution in [2.75, 3.05) is 13.2 Å². The molecule has 1 N–H and O–H groups in total. The van der Waals surface area contributed by atoms with Gasteiger partial charge in [0.25, 0.3) is 0 Å². The van der Waals surface area contributed by atoms with E-state index in [0.717, 1.165) is 25.0 Å². The molecule has 1 aliphatic heterocycles. The molecule has 1 saturated heterocycles. The van der Waals surface area contributed by atoms with Crippen molar-refractivity contribution in [3.05, 3.63) is 0 Å².